The lowest BCUT2D eigenvalue weighted by molar-refractivity contribution is -0.131. The minimum absolute atomic E-state index is 0.290. The number of unbranched alkanes of at least 4 members (excludes halogenated alkanes) is 15. The van der Waals surface area contributed by atoms with E-state index in [-0.39, 0.29) is 0 Å². The lowest BCUT2D eigenvalue weighted by Crippen LogP contribution is -2.50. The highest BCUT2D eigenvalue weighted by atomic mass is 32.2. The van der Waals surface area contributed by atoms with Gasteiger partial charge >= 0.3 is 0 Å². The summed E-state index contributed by atoms with van der Waals surface area (Å²) < 4.78 is 32.0. The molecule has 0 spiro atoms. The van der Waals surface area contributed by atoms with Crippen LogP contribution in [0.3, 0.4) is 0 Å². The van der Waals surface area contributed by atoms with E-state index in [1.54, 1.807) is 0 Å². The van der Waals surface area contributed by atoms with Crippen LogP contribution in [0.15, 0.2) is 12.2 Å². The summed E-state index contributed by atoms with van der Waals surface area (Å²) in [6, 6.07) is -1.14. The zero-order valence-electron chi connectivity index (χ0n) is 23.7. The van der Waals surface area contributed by atoms with Crippen LogP contribution in [0, 0.1) is 0 Å². The Morgan fingerprint density at radius 2 is 1.14 bits per heavy atom. The number of rotatable bonds is 26. The molecule has 0 fully saturated rings. The predicted molar refractivity (Wildman–Crippen MR) is 153 cm³/mol. The second-order valence-electron chi connectivity index (χ2n) is 10.5. The van der Waals surface area contributed by atoms with Gasteiger partial charge in [0.1, 0.15) is 6.10 Å². The Hall–Kier alpha value is -0.960. The molecule has 4 N–H and O–H groups in total. The van der Waals surface area contributed by atoms with Gasteiger partial charge in [-0.05, 0) is 38.5 Å². The van der Waals surface area contributed by atoms with Gasteiger partial charge in [0.2, 0.25) is 5.91 Å². The van der Waals surface area contributed by atoms with E-state index in [0.717, 1.165) is 51.4 Å². The van der Waals surface area contributed by atoms with Crippen molar-refractivity contribution in [3.8, 4) is 0 Å². The number of nitrogens with one attached hydrogen (secondary N) is 1. The maximum atomic E-state index is 12.4. The summed E-state index contributed by atoms with van der Waals surface area (Å²) in [6.07, 6.45) is 22.7. The molecule has 0 saturated heterocycles. The molecule has 0 aromatic carbocycles. The van der Waals surface area contributed by atoms with Gasteiger partial charge in [0.25, 0.3) is 10.1 Å². The summed E-state index contributed by atoms with van der Waals surface area (Å²) in [5, 5.41) is 23.1. The Morgan fingerprint density at radius 3 is 1.65 bits per heavy atom. The molecular weight excluding hydrogens is 490 g/mol. The first-order valence-electron chi connectivity index (χ1n) is 15.0. The fourth-order valence-electron chi connectivity index (χ4n) is 4.45. The van der Waals surface area contributed by atoms with E-state index in [9.17, 15) is 28.0 Å². The molecule has 3 atom stereocenters. The Labute approximate surface area is 227 Å². The number of amides is 1. The normalized spacial score (nSPS) is 14.6. The Bertz CT molecular complexity index is 667. The van der Waals surface area contributed by atoms with Gasteiger partial charge in [-0.2, -0.15) is 8.42 Å². The Kier molecular flexibility index (Phi) is 23.5. The van der Waals surface area contributed by atoms with Gasteiger partial charge in [0.05, 0.1) is 17.9 Å². The lowest BCUT2D eigenvalue weighted by Gasteiger charge is -2.24. The van der Waals surface area contributed by atoms with Gasteiger partial charge in [0, 0.05) is 0 Å². The van der Waals surface area contributed by atoms with Gasteiger partial charge in [0.15, 0.2) is 0 Å². The van der Waals surface area contributed by atoms with Crippen molar-refractivity contribution < 1.29 is 28.0 Å². The Morgan fingerprint density at radius 1 is 0.703 bits per heavy atom. The molecule has 0 aliphatic heterocycles. The molecule has 0 aliphatic carbocycles. The first-order chi connectivity index (χ1) is 17.7. The monoisotopic (exact) mass is 547 g/mol. The van der Waals surface area contributed by atoms with Crippen molar-refractivity contribution in [2.75, 3.05) is 5.75 Å². The number of carbonyl (C=O) groups excluding carboxylic acids is 1. The predicted octanol–water partition coefficient (Wildman–Crippen LogP) is 6.48. The molecule has 0 rings (SSSR count). The van der Waals surface area contributed by atoms with E-state index in [2.05, 4.69) is 31.3 Å². The number of hydrogen-bond acceptors (Lipinski definition) is 5. The summed E-state index contributed by atoms with van der Waals surface area (Å²) in [4.78, 5) is 12.4. The number of allylic oxidation sites excluding steroid dienone is 2. The molecule has 0 aromatic rings. The highest BCUT2D eigenvalue weighted by molar-refractivity contribution is 7.85. The van der Waals surface area contributed by atoms with Crippen LogP contribution in [0.5, 0.6) is 0 Å². The molecule has 3 unspecified atom stereocenters. The fraction of sp³-hybridized carbons (Fsp3) is 0.897. The van der Waals surface area contributed by atoms with E-state index in [1.165, 1.54) is 51.4 Å². The molecule has 0 aromatic heterocycles. The van der Waals surface area contributed by atoms with Crippen LogP contribution in [-0.4, -0.2) is 53.1 Å². The Balaban J connectivity index is 4.10. The second kappa shape index (κ2) is 24.1. The zero-order chi connectivity index (χ0) is 27.8. The molecule has 0 bridgehead atoms. The van der Waals surface area contributed by atoms with E-state index < -0.39 is 40.0 Å². The van der Waals surface area contributed by atoms with E-state index in [0.29, 0.717) is 25.7 Å². The van der Waals surface area contributed by atoms with Crippen LogP contribution in [0.2, 0.25) is 0 Å². The molecule has 8 heteroatoms. The van der Waals surface area contributed by atoms with E-state index in [1.807, 2.05) is 0 Å². The molecule has 37 heavy (non-hydrogen) atoms. The molecule has 0 heterocycles. The van der Waals surface area contributed by atoms with Crippen molar-refractivity contribution in [1.82, 2.24) is 5.32 Å². The summed E-state index contributed by atoms with van der Waals surface area (Å²) in [6.45, 7) is 4.36. The third-order valence-corrected chi connectivity index (χ3v) is 7.61. The van der Waals surface area contributed by atoms with Gasteiger partial charge < -0.3 is 15.5 Å². The quantitative estimate of drug-likeness (QED) is 0.0558. The van der Waals surface area contributed by atoms with Gasteiger partial charge in [-0.25, -0.2) is 0 Å². The largest absolute Gasteiger partial charge is 0.391 e. The summed E-state index contributed by atoms with van der Waals surface area (Å²) in [5.41, 5.74) is 0. The number of aliphatic hydroxyl groups excluding tert-OH is 2. The third kappa shape index (κ3) is 23.9. The number of hydrogen-bond donors (Lipinski definition) is 4. The van der Waals surface area contributed by atoms with Crippen LogP contribution in [0.4, 0.5) is 0 Å². The number of carbonyl (C=O) groups is 1. The third-order valence-electron chi connectivity index (χ3n) is 6.83. The van der Waals surface area contributed by atoms with Crippen LogP contribution < -0.4 is 5.32 Å². The first-order valence-corrected chi connectivity index (χ1v) is 16.6. The molecule has 0 aliphatic rings. The van der Waals surface area contributed by atoms with Gasteiger partial charge in [-0.15, -0.1) is 0 Å². The van der Waals surface area contributed by atoms with Gasteiger partial charge in [-0.1, -0.05) is 116 Å². The highest BCUT2D eigenvalue weighted by Crippen LogP contribution is 2.14. The van der Waals surface area contributed by atoms with Crippen LogP contribution >= 0.6 is 0 Å². The van der Waals surface area contributed by atoms with Crippen molar-refractivity contribution in [3.63, 3.8) is 0 Å². The van der Waals surface area contributed by atoms with Crippen LogP contribution in [-0.2, 0) is 14.9 Å². The topological polar surface area (TPSA) is 124 Å². The van der Waals surface area contributed by atoms with Crippen LogP contribution in [0.25, 0.3) is 0 Å². The fourth-order valence-corrected chi connectivity index (χ4v) is 5.21. The molecule has 7 nitrogen and oxygen atoms in total. The van der Waals surface area contributed by atoms with E-state index in [4.69, 9.17) is 0 Å². The number of aliphatic hydroxyl groups is 2. The highest BCUT2D eigenvalue weighted by Gasteiger charge is 2.28. The molecule has 0 saturated carbocycles. The molecule has 220 valence electrons. The SMILES string of the molecule is CCCCCC/C=C\CCCCCCCCC(O)C(=O)NC(CS(=O)(=O)O)C(O)CCCCCCCC. The van der Waals surface area contributed by atoms with Crippen molar-refractivity contribution in [1.29, 1.82) is 0 Å². The average molecular weight is 548 g/mol. The van der Waals surface area contributed by atoms with Crippen molar-refractivity contribution in [2.45, 2.75) is 161 Å². The summed E-state index contributed by atoms with van der Waals surface area (Å²) in [7, 11) is -4.39. The van der Waals surface area contributed by atoms with E-state index >= 15 is 0 Å². The minimum Gasteiger partial charge on any atom is -0.391 e. The van der Waals surface area contributed by atoms with Gasteiger partial charge in [-0.3, -0.25) is 9.35 Å². The average Bonchev–Trinajstić information content (AvgIpc) is 2.84. The molecule has 0 radical (unpaired) electrons. The zero-order valence-corrected chi connectivity index (χ0v) is 24.5. The lowest BCUT2D eigenvalue weighted by atomic mass is 10.0. The standard InChI is InChI=1S/C29H57NO6S/c1-3-5-7-9-11-12-13-14-15-16-17-18-20-22-24-28(32)29(33)30-26(25-37(34,35)36)27(31)23-21-19-10-8-6-4-2/h12-13,26-28,31-32H,3-11,14-25H2,1-2H3,(H,30,33)(H,34,35,36)/b13-12-. The minimum atomic E-state index is -4.39. The second-order valence-corrected chi connectivity index (χ2v) is 12.0. The van der Waals surface area contributed by atoms with Crippen molar-refractivity contribution in [2.24, 2.45) is 0 Å². The van der Waals surface area contributed by atoms with Crippen molar-refractivity contribution in [3.05, 3.63) is 12.2 Å². The summed E-state index contributed by atoms with van der Waals surface area (Å²) >= 11 is 0. The maximum Gasteiger partial charge on any atom is 0.266 e. The summed E-state index contributed by atoms with van der Waals surface area (Å²) in [5.74, 6) is -1.46. The van der Waals surface area contributed by atoms with Crippen molar-refractivity contribution >= 4 is 16.0 Å². The first kappa shape index (κ1) is 36.0. The molecular formula is C29H57NO6S. The maximum absolute atomic E-state index is 12.4. The molecule has 1 amide bonds. The smallest absolute Gasteiger partial charge is 0.266 e. The van der Waals surface area contributed by atoms with Crippen LogP contribution in [0.1, 0.15) is 142 Å².